The third-order valence-electron chi connectivity index (χ3n) is 4.05. The van der Waals surface area contributed by atoms with Crippen molar-refractivity contribution >= 4 is 5.97 Å². The molecule has 0 aromatic rings. The van der Waals surface area contributed by atoms with Gasteiger partial charge in [-0.15, -0.1) is 0 Å². The lowest BCUT2D eigenvalue weighted by Gasteiger charge is -2.37. The van der Waals surface area contributed by atoms with Gasteiger partial charge in [0.1, 0.15) is 0 Å². The summed E-state index contributed by atoms with van der Waals surface area (Å²) in [4.78, 5) is 11.6. The van der Waals surface area contributed by atoms with Gasteiger partial charge in [-0.2, -0.15) is 0 Å². The Morgan fingerprint density at radius 3 is 2.44 bits per heavy atom. The summed E-state index contributed by atoms with van der Waals surface area (Å²) in [6.07, 6.45) is 9.91. The molecule has 0 unspecified atom stereocenters. The summed E-state index contributed by atoms with van der Waals surface area (Å²) < 4.78 is 5.33. The third kappa shape index (κ3) is 3.21. The molecule has 2 aliphatic rings. The highest BCUT2D eigenvalue weighted by molar-refractivity contribution is 5.71. The summed E-state index contributed by atoms with van der Waals surface area (Å²) in [5.74, 6) is 0.514. The van der Waals surface area contributed by atoms with Gasteiger partial charge in [0.2, 0.25) is 0 Å². The smallest absolute Gasteiger partial charge is 0.307 e. The van der Waals surface area contributed by atoms with E-state index in [-0.39, 0.29) is 11.5 Å². The van der Waals surface area contributed by atoms with Gasteiger partial charge < -0.3 is 10.5 Å². The zero-order valence-electron chi connectivity index (χ0n) is 10.0. The Hall–Kier alpha value is -0.570. The number of hydrogen-bond donors (Lipinski definition) is 1. The first-order valence-electron chi connectivity index (χ1n) is 6.62. The standard InChI is InChI=1S/C13H23NO2/c14-13(7-4-8-13)9-12(15)16-10-11-5-2-1-3-6-11/h11H,1-10,14H2. The molecule has 0 spiro atoms. The van der Waals surface area contributed by atoms with E-state index < -0.39 is 0 Å². The van der Waals surface area contributed by atoms with Crippen molar-refractivity contribution in [1.82, 2.24) is 0 Å². The molecule has 3 heteroatoms. The molecule has 2 N–H and O–H groups in total. The Labute approximate surface area is 97.7 Å². The van der Waals surface area contributed by atoms with Crippen molar-refractivity contribution in [2.45, 2.75) is 63.3 Å². The molecule has 0 aromatic heterocycles. The molecule has 2 rings (SSSR count). The maximum absolute atomic E-state index is 11.6. The number of ether oxygens (including phenoxy) is 1. The topological polar surface area (TPSA) is 52.3 Å². The monoisotopic (exact) mass is 225 g/mol. The molecule has 0 saturated heterocycles. The highest BCUT2D eigenvalue weighted by Gasteiger charge is 2.35. The van der Waals surface area contributed by atoms with Gasteiger partial charge in [-0.25, -0.2) is 0 Å². The van der Waals surface area contributed by atoms with Gasteiger partial charge in [-0.3, -0.25) is 4.79 Å². The van der Waals surface area contributed by atoms with Crippen LogP contribution < -0.4 is 5.73 Å². The van der Waals surface area contributed by atoms with E-state index in [0.29, 0.717) is 18.9 Å². The number of carbonyl (C=O) groups is 1. The van der Waals surface area contributed by atoms with E-state index in [4.69, 9.17) is 10.5 Å². The van der Waals surface area contributed by atoms with E-state index in [1.54, 1.807) is 0 Å². The van der Waals surface area contributed by atoms with Crippen LogP contribution in [0.1, 0.15) is 57.8 Å². The molecule has 0 aromatic carbocycles. The van der Waals surface area contributed by atoms with Crippen molar-refractivity contribution in [1.29, 1.82) is 0 Å². The Morgan fingerprint density at radius 2 is 1.88 bits per heavy atom. The van der Waals surface area contributed by atoms with E-state index in [0.717, 1.165) is 19.3 Å². The van der Waals surface area contributed by atoms with Crippen molar-refractivity contribution in [2.75, 3.05) is 6.61 Å². The molecule has 2 fully saturated rings. The molecule has 0 heterocycles. The molecule has 2 aliphatic carbocycles. The lowest BCUT2D eigenvalue weighted by Crippen LogP contribution is -2.48. The predicted molar refractivity (Wildman–Crippen MR) is 62.9 cm³/mol. The summed E-state index contributed by atoms with van der Waals surface area (Å²) in [5.41, 5.74) is 5.78. The Kier molecular flexibility index (Phi) is 3.85. The Morgan fingerprint density at radius 1 is 1.19 bits per heavy atom. The highest BCUT2D eigenvalue weighted by atomic mass is 16.5. The first-order chi connectivity index (χ1) is 7.68. The summed E-state index contributed by atoms with van der Waals surface area (Å²) in [6.45, 7) is 0.620. The van der Waals surface area contributed by atoms with Crippen molar-refractivity contribution in [3.8, 4) is 0 Å². The van der Waals surface area contributed by atoms with Crippen LogP contribution in [0.25, 0.3) is 0 Å². The highest BCUT2D eigenvalue weighted by Crippen LogP contribution is 2.32. The van der Waals surface area contributed by atoms with Crippen LogP contribution in [0, 0.1) is 5.92 Å². The van der Waals surface area contributed by atoms with Crippen LogP contribution in [0.5, 0.6) is 0 Å². The molecule has 0 amide bonds. The van der Waals surface area contributed by atoms with E-state index in [9.17, 15) is 4.79 Å². The van der Waals surface area contributed by atoms with Crippen molar-refractivity contribution < 1.29 is 9.53 Å². The number of esters is 1. The van der Waals surface area contributed by atoms with Gasteiger partial charge in [0, 0.05) is 5.54 Å². The second kappa shape index (κ2) is 5.17. The van der Waals surface area contributed by atoms with Crippen molar-refractivity contribution in [3.05, 3.63) is 0 Å². The Balaban J connectivity index is 1.63. The normalized spacial score (nSPS) is 24.8. The van der Waals surface area contributed by atoms with Crippen LogP contribution >= 0.6 is 0 Å². The molecule has 2 saturated carbocycles. The summed E-state index contributed by atoms with van der Waals surface area (Å²) in [7, 11) is 0. The molecule has 16 heavy (non-hydrogen) atoms. The largest absolute Gasteiger partial charge is 0.465 e. The zero-order valence-corrected chi connectivity index (χ0v) is 10.0. The van der Waals surface area contributed by atoms with Gasteiger partial charge in [-0.1, -0.05) is 19.3 Å². The maximum atomic E-state index is 11.6. The SMILES string of the molecule is NC1(CC(=O)OCC2CCCCC2)CCC1. The molecular weight excluding hydrogens is 202 g/mol. The molecule has 0 radical (unpaired) electrons. The van der Waals surface area contributed by atoms with Crippen LogP contribution in [0.15, 0.2) is 0 Å². The molecule has 3 nitrogen and oxygen atoms in total. The molecule has 0 atom stereocenters. The number of carbonyl (C=O) groups excluding carboxylic acids is 1. The second-order valence-corrected chi connectivity index (χ2v) is 5.58. The van der Waals surface area contributed by atoms with Crippen LogP contribution in [-0.4, -0.2) is 18.1 Å². The van der Waals surface area contributed by atoms with E-state index in [1.807, 2.05) is 0 Å². The van der Waals surface area contributed by atoms with Gasteiger partial charge in [0.05, 0.1) is 13.0 Å². The summed E-state index contributed by atoms with van der Waals surface area (Å²) in [6, 6.07) is 0. The van der Waals surface area contributed by atoms with Crippen LogP contribution in [0.4, 0.5) is 0 Å². The molecule has 92 valence electrons. The lowest BCUT2D eigenvalue weighted by molar-refractivity contribution is -0.147. The van der Waals surface area contributed by atoms with E-state index >= 15 is 0 Å². The van der Waals surface area contributed by atoms with Gasteiger partial charge >= 0.3 is 5.97 Å². The fourth-order valence-corrected chi connectivity index (χ4v) is 2.71. The van der Waals surface area contributed by atoms with Crippen molar-refractivity contribution in [3.63, 3.8) is 0 Å². The first-order valence-corrected chi connectivity index (χ1v) is 6.62. The minimum Gasteiger partial charge on any atom is -0.465 e. The number of nitrogens with two attached hydrogens (primary N) is 1. The number of hydrogen-bond acceptors (Lipinski definition) is 3. The average Bonchev–Trinajstić information content (AvgIpc) is 2.26. The number of rotatable bonds is 4. The minimum absolute atomic E-state index is 0.0900. The first kappa shape index (κ1) is 11.9. The predicted octanol–water partition coefficient (Wildman–Crippen LogP) is 2.38. The molecular formula is C13H23NO2. The maximum Gasteiger partial charge on any atom is 0.307 e. The van der Waals surface area contributed by atoms with Crippen LogP contribution in [0.2, 0.25) is 0 Å². The second-order valence-electron chi connectivity index (χ2n) is 5.58. The lowest BCUT2D eigenvalue weighted by atomic mass is 9.75. The van der Waals surface area contributed by atoms with Crippen LogP contribution in [-0.2, 0) is 9.53 Å². The summed E-state index contributed by atoms with van der Waals surface area (Å²) in [5, 5.41) is 0. The fourth-order valence-electron chi connectivity index (χ4n) is 2.71. The van der Waals surface area contributed by atoms with Crippen LogP contribution in [0.3, 0.4) is 0 Å². The third-order valence-corrected chi connectivity index (χ3v) is 4.05. The van der Waals surface area contributed by atoms with E-state index in [1.165, 1.54) is 32.1 Å². The summed E-state index contributed by atoms with van der Waals surface area (Å²) >= 11 is 0. The zero-order chi connectivity index (χ0) is 11.4. The van der Waals surface area contributed by atoms with Gasteiger partial charge in [-0.05, 0) is 38.0 Å². The van der Waals surface area contributed by atoms with Gasteiger partial charge in [0.15, 0.2) is 0 Å². The van der Waals surface area contributed by atoms with E-state index in [2.05, 4.69) is 0 Å². The quantitative estimate of drug-likeness (QED) is 0.747. The Bertz CT molecular complexity index is 242. The minimum atomic E-state index is -0.232. The molecule has 0 aliphatic heterocycles. The average molecular weight is 225 g/mol. The van der Waals surface area contributed by atoms with Crippen molar-refractivity contribution in [2.24, 2.45) is 11.7 Å². The fraction of sp³-hybridized carbons (Fsp3) is 0.923. The molecule has 0 bridgehead atoms. The van der Waals surface area contributed by atoms with Gasteiger partial charge in [0.25, 0.3) is 0 Å².